The standard InChI is InChI=1S/C14H14ClFN2O/c1-7-10-3-2-9(16)5-12(10)18-13(7)14(19)17-6-8-4-11(8)15/h2-3,5,8,11,18H,4,6H2,1H3,(H,17,19). The first kappa shape index (κ1) is 12.5. The molecule has 1 amide bonds. The molecule has 2 N–H and O–H groups in total. The van der Waals surface area contributed by atoms with Gasteiger partial charge in [0.1, 0.15) is 11.5 Å². The van der Waals surface area contributed by atoms with Crippen LogP contribution in [0.1, 0.15) is 22.5 Å². The molecule has 1 heterocycles. The number of hydrogen-bond donors (Lipinski definition) is 2. The number of benzene rings is 1. The van der Waals surface area contributed by atoms with E-state index in [4.69, 9.17) is 11.6 Å². The Morgan fingerprint density at radius 3 is 3.00 bits per heavy atom. The molecule has 2 unspecified atom stereocenters. The molecule has 2 atom stereocenters. The monoisotopic (exact) mass is 280 g/mol. The molecule has 3 rings (SSSR count). The van der Waals surface area contributed by atoms with Gasteiger partial charge in [-0.1, -0.05) is 0 Å². The Bertz CT molecular complexity index is 652. The van der Waals surface area contributed by atoms with Gasteiger partial charge in [-0.05, 0) is 43.0 Å². The SMILES string of the molecule is Cc1c(C(=O)NCC2CC2Cl)[nH]c2cc(F)ccc12. The maximum atomic E-state index is 13.1. The lowest BCUT2D eigenvalue weighted by molar-refractivity contribution is 0.0947. The Morgan fingerprint density at radius 2 is 2.32 bits per heavy atom. The molecule has 0 spiro atoms. The van der Waals surface area contributed by atoms with E-state index in [1.807, 2.05) is 6.92 Å². The Morgan fingerprint density at radius 1 is 1.58 bits per heavy atom. The lowest BCUT2D eigenvalue weighted by Gasteiger charge is -2.03. The number of halogens is 2. The van der Waals surface area contributed by atoms with E-state index >= 15 is 0 Å². The second-order valence-electron chi connectivity index (χ2n) is 5.04. The van der Waals surface area contributed by atoms with E-state index in [1.54, 1.807) is 6.07 Å². The van der Waals surface area contributed by atoms with Crippen LogP contribution in [0.5, 0.6) is 0 Å². The molecule has 1 aliphatic rings. The number of aromatic nitrogens is 1. The first-order valence-corrected chi connectivity index (χ1v) is 6.70. The van der Waals surface area contributed by atoms with Gasteiger partial charge in [0.25, 0.3) is 5.91 Å². The largest absolute Gasteiger partial charge is 0.350 e. The maximum Gasteiger partial charge on any atom is 0.268 e. The number of nitrogens with one attached hydrogen (secondary N) is 2. The van der Waals surface area contributed by atoms with Gasteiger partial charge in [-0.2, -0.15) is 0 Å². The zero-order chi connectivity index (χ0) is 13.6. The van der Waals surface area contributed by atoms with Crippen molar-refractivity contribution in [1.82, 2.24) is 10.3 Å². The fourth-order valence-electron chi connectivity index (χ4n) is 2.27. The van der Waals surface area contributed by atoms with E-state index in [2.05, 4.69) is 10.3 Å². The molecule has 1 fully saturated rings. The number of H-pyrrole nitrogens is 1. The highest BCUT2D eigenvalue weighted by atomic mass is 35.5. The van der Waals surface area contributed by atoms with Crippen LogP contribution >= 0.6 is 11.6 Å². The third-order valence-electron chi connectivity index (χ3n) is 3.61. The molecule has 1 aromatic heterocycles. The number of rotatable bonds is 3. The summed E-state index contributed by atoms with van der Waals surface area (Å²) in [6.45, 7) is 2.45. The van der Waals surface area contributed by atoms with Gasteiger partial charge in [0.05, 0.1) is 0 Å². The van der Waals surface area contributed by atoms with E-state index < -0.39 is 0 Å². The van der Waals surface area contributed by atoms with E-state index in [1.165, 1.54) is 12.1 Å². The molecule has 3 nitrogen and oxygen atoms in total. The first-order valence-electron chi connectivity index (χ1n) is 6.26. The van der Waals surface area contributed by atoms with Gasteiger partial charge in [0.2, 0.25) is 0 Å². The first-order chi connectivity index (χ1) is 9.06. The number of aromatic amines is 1. The molecule has 2 aromatic rings. The molecule has 5 heteroatoms. The van der Waals surface area contributed by atoms with Crippen LogP contribution in [0.2, 0.25) is 0 Å². The molecular weight excluding hydrogens is 267 g/mol. The van der Waals surface area contributed by atoms with Crippen molar-refractivity contribution in [2.75, 3.05) is 6.54 Å². The summed E-state index contributed by atoms with van der Waals surface area (Å²) >= 11 is 5.89. The number of hydrogen-bond acceptors (Lipinski definition) is 1. The molecule has 0 aliphatic heterocycles. The quantitative estimate of drug-likeness (QED) is 0.834. The van der Waals surface area contributed by atoms with Crippen molar-refractivity contribution in [3.05, 3.63) is 35.3 Å². The van der Waals surface area contributed by atoms with E-state index in [-0.39, 0.29) is 17.1 Å². The Kier molecular flexibility index (Phi) is 2.97. The average molecular weight is 281 g/mol. The maximum absolute atomic E-state index is 13.1. The van der Waals surface area contributed by atoms with Gasteiger partial charge >= 0.3 is 0 Å². The van der Waals surface area contributed by atoms with Crippen molar-refractivity contribution in [3.8, 4) is 0 Å². The highest BCUT2D eigenvalue weighted by Crippen LogP contribution is 2.35. The highest BCUT2D eigenvalue weighted by molar-refractivity contribution is 6.22. The number of carbonyl (C=O) groups is 1. The molecule has 1 aromatic carbocycles. The Hall–Kier alpha value is -1.55. The van der Waals surface area contributed by atoms with Crippen LogP contribution in [0, 0.1) is 18.7 Å². The van der Waals surface area contributed by atoms with E-state index in [9.17, 15) is 9.18 Å². The Balaban J connectivity index is 1.83. The summed E-state index contributed by atoms with van der Waals surface area (Å²) in [5.74, 6) is -0.0960. The molecule has 0 saturated heterocycles. The summed E-state index contributed by atoms with van der Waals surface area (Å²) in [6, 6.07) is 4.48. The zero-order valence-corrected chi connectivity index (χ0v) is 11.2. The predicted octanol–water partition coefficient (Wildman–Crippen LogP) is 2.97. The van der Waals surface area contributed by atoms with Crippen LogP contribution in [0.3, 0.4) is 0 Å². The Labute approximate surface area is 115 Å². The van der Waals surface area contributed by atoms with Crippen LogP contribution in [-0.2, 0) is 0 Å². The predicted molar refractivity (Wildman–Crippen MR) is 73.1 cm³/mol. The summed E-state index contributed by atoms with van der Waals surface area (Å²) in [7, 11) is 0. The highest BCUT2D eigenvalue weighted by Gasteiger charge is 2.35. The summed E-state index contributed by atoms with van der Waals surface area (Å²) < 4.78 is 13.1. The van der Waals surface area contributed by atoms with Crippen LogP contribution < -0.4 is 5.32 Å². The van der Waals surface area contributed by atoms with Gasteiger partial charge < -0.3 is 10.3 Å². The molecule has 19 heavy (non-hydrogen) atoms. The molecule has 1 saturated carbocycles. The fraction of sp³-hybridized carbons (Fsp3) is 0.357. The lowest BCUT2D eigenvalue weighted by Crippen LogP contribution is -2.26. The average Bonchev–Trinajstić information content (AvgIpc) is 2.98. The summed E-state index contributed by atoms with van der Waals surface area (Å²) in [5, 5.41) is 3.92. The lowest BCUT2D eigenvalue weighted by atomic mass is 10.1. The van der Waals surface area contributed by atoms with Gasteiger partial charge in [-0.3, -0.25) is 4.79 Å². The third-order valence-corrected chi connectivity index (χ3v) is 4.14. The van der Waals surface area contributed by atoms with Crippen molar-refractivity contribution in [2.45, 2.75) is 18.7 Å². The van der Waals surface area contributed by atoms with Crippen molar-refractivity contribution in [1.29, 1.82) is 0 Å². The minimum Gasteiger partial charge on any atom is -0.350 e. The summed E-state index contributed by atoms with van der Waals surface area (Å²) in [6.07, 6.45) is 0.957. The minimum atomic E-state index is -0.316. The minimum absolute atomic E-state index is 0.162. The fourth-order valence-corrected chi connectivity index (χ4v) is 2.59. The van der Waals surface area contributed by atoms with Gasteiger partial charge in [0.15, 0.2) is 0 Å². The van der Waals surface area contributed by atoms with Crippen LogP contribution in [0.15, 0.2) is 18.2 Å². The number of carbonyl (C=O) groups excluding carboxylic acids is 1. The molecule has 0 radical (unpaired) electrons. The summed E-state index contributed by atoms with van der Waals surface area (Å²) in [5.41, 5.74) is 1.97. The van der Waals surface area contributed by atoms with E-state index in [0.29, 0.717) is 23.7 Å². The van der Waals surface area contributed by atoms with Gasteiger partial charge in [0, 0.05) is 22.8 Å². The van der Waals surface area contributed by atoms with Crippen LogP contribution in [0.25, 0.3) is 10.9 Å². The van der Waals surface area contributed by atoms with E-state index in [0.717, 1.165) is 17.4 Å². The van der Waals surface area contributed by atoms with Crippen LogP contribution in [-0.4, -0.2) is 22.8 Å². The van der Waals surface area contributed by atoms with Crippen molar-refractivity contribution in [2.24, 2.45) is 5.92 Å². The summed E-state index contributed by atoms with van der Waals surface area (Å²) in [4.78, 5) is 15.1. The van der Waals surface area contributed by atoms with Crippen molar-refractivity contribution < 1.29 is 9.18 Å². The zero-order valence-electron chi connectivity index (χ0n) is 10.5. The van der Waals surface area contributed by atoms with Gasteiger partial charge in [-0.15, -0.1) is 11.6 Å². The number of aryl methyl sites for hydroxylation is 1. The number of alkyl halides is 1. The second-order valence-corrected chi connectivity index (χ2v) is 5.60. The number of amides is 1. The third kappa shape index (κ3) is 2.32. The van der Waals surface area contributed by atoms with Crippen LogP contribution in [0.4, 0.5) is 4.39 Å². The van der Waals surface area contributed by atoms with Gasteiger partial charge in [-0.25, -0.2) is 4.39 Å². The second kappa shape index (κ2) is 4.53. The smallest absolute Gasteiger partial charge is 0.268 e. The molecule has 0 bridgehead atoms. The van der Waals surface area contributed by atoms with Crippen molar-refractivity contribution >= 4 is 28.4 Å². The number of fused-ring (bicyclic) bond motifs is 1. The normalized spacial score (nSPS) is 21.6. The van der Waals surface area contributed by atoms with Crippen molar-refractivity contribution in [3.63, 3.8) is 0 Å². The topological polar surface area (TPSA) is 44.9 Å². The molecule has 100 valence electrons. The molecular formula is C14H14ClFN2O. The molecule has 1 aliphatic carbocycles.